The summed E-state index contributed by atoms with van der Waals surface area (Å²) in [5.41, 5.74) is 2.37. The molecule has 2 aliphatic rings. The summed E-state index contributed by atoms with van der Waals surface area (Å²) in [5.74, 6) is 2.67. The fraction of sp³-hybridized carbons (Fsp3) is 0.586. The Hall–Kier alpha value is -3.03. The van der Waals surface area contributed by atoms with E-state index in [1.54, 1.807) is 16.8 Å². The molecule has 1 amide bonds. The van der Waals surface area contributed by atoms with E-state index in [2.05, 4.69) is 18.7 Å². The number of aryl methyl sites for hydroxylation is 1. The Bertz CT molecular complexity index is 1230. The number of hydrogen-bond donors (Lipinski definition) is 0. The lowest BCUT2D eigenvalue weighted by atomic mass is 10.0. The Morgan fingerprint density at radius 1 is 1.08 bits per heavy atom. The van der Waals surface area contributed by atoms with Gasteiger partial charge in [-0.05, 0) is 49.9 Å². The predicted molar refractivity (Wildman–Crippen MR) is 145 cm³/mol. The molecule has 0 radical (unpaired) electrons. The Labute approximate surface area is 219 Å². The van der Waals surface area contributed by atoms with Crippen molar-refractivity contribution in [2.45, 2.75) is 78.1 Å². The number of benzene rings is 1. The number of nitrogens with zero attached hydrogens (tertiary/aromatic N) is 6. The van der Waals surface area contributed by atoms with Gasteiger partial charge in [-0.1, -0.05) is 46.0 Å². The summed E-state index contributed by atoms with van der Waals surface area (Å²) in [6.45, 7) is 9.22. The van der Waals surface area contributed by atoms with Gasteiger partial charge in [0.25, 0.3) is 0 Å². The average molecular weight is 507 g/mol. The van der Waals surface area contributed by atoms with Gasteiger partial charge < -0.3 is 9.80 Å². The summed E-state index contributed by atoms with van der Waals surface area (Å²) >= 11 is 0. The second kappa shape index (κ2) is 11.2. The normalized spacial score (nSPS) is 17.6. The van der Waals surface area contributed by atoms with Gasteiger partial charge in [0.1, 0.15) is 17.5 Å². The molecular formula is C29H39FN6O. The van der Waals surface area contributed by atoms with Crippen molar-refractivity contribution in [2.24, 2.45) is 5.92 Å². The van der Waals surface area contributed by atoms with Gasteiger partial charge in [0.15, 0.2) is 5.65 Å². The number of piperazine rings is 1. The van der Waals surface area contributed by atoms with Crippen LogP contribution in [0, 0.1) is 18.7 Å². The minimum Gasteiger partial charge on any atom is -0.352 e. The summed E-state index contributed by atoms with van der Waals surface area (Å²) in [4.78, 5) is 27.3. The van der Waals surface area contributed by atoms with Crippen LogP contribution in [-0.2, 0) is 4.79 Å². The zero-order chi connectivity index (χ0) is 25.9. The smallest absolute Gasteiger partial charge is 0.222 e. The molecule has 0 N–H and O–H groups in total. The molecule has 0 spiro atoms. The monoisotopic (exact) mass is 506 g/mol. The zero-order valence-electron chi connectivity index (χ0n) is 22.4. The summed E-state index contributed by atoms with van der Waals surface area (Å²) in [5, 5.41) is 5.73. The molecule has 1 aromatic carbocycles. The molecule has 1 saturated carbocycles. The maximum atomic E-state index is 13.6. The highest BCUT2D eigenvalue weighted by Gasteiger charge is 2.27. The van der Waals surface area contributed by atoms with Gasteiger partial charge in [-0.15, -0.1) is 0 Å². The lowest BCUT2D eigenvalue weighted by Gasteiger charge is -2.36. The highest BCUT2D eigenvalue weighted by atomic mass is 19.1. The number of fused-ring (bicyclic) bond motifs is 1. The highest BCUT2D eigenvalue weighted by molar-refractivity contribution is 5.91. The van der Waals surface area contributed by atoms with Crippen molar-refractivity contribution in [1.82, 2.24) is 24.6 Å². The Balaban J connectivity index is 1.41. The van der Waals surface area contributed by atoms with E-state index in [-0.39, 0.29) is 17.6 Å². The SMILES string of the molecule is CCC[C@H](C)c1nc(N2CCN(C(=O)CCC3CCCC3)CC2)c2c(C)nn(-c3ccc(F)cc3)c2n1. The van der Waals surface area contributed by atoms with E-state index in [0.717, 1.165) is 72.3 Å². The minimum atomic E-state index is -0.278. The first kappa shape index (κ1) is 25.6. The first-order chi connectivity index (χ1) is 17.9. The zero-order valence-corrected chi connectivity index (χ0v) is 22.4. The molecule has 5 rings (SSSR count). The summed E-state index contributed by atoms with van der Waals surface area (Å²) in [6.07, 6.45) is 8.97. The molecule has 37 heavy (non-hydrogen) atoms. The summed E-state index contributed by atoms with van der Waals surface area (Å²) < 4.78 is 15.4. The lowest BCUT2D eigenvalue weighted by molar-refractivity contribution is -0.131. The summed E-state index contributed by atoms with van der Waals surface area (Å²) in [7, 11) is 0. The van der Waals surface area contributed by atoms with Crippen molar-refractivity contribution in [3.63, 3.8) is 0 Å². The molecule has 3 heterocycles. The Morgan fingerprint density at radius 3 is 2.46 bits per heavy atom. The van der Waals surface area contributed by atoms with Crippen molar-refractivity contribution in [3.05, 3.63) is 41.6 Å². The van der Waals surface area contributed by atoms with Crippen LogP contribution in [0.2, 0.25) is 0 Å². The highest BCUT2D eigenvalue weighted by Crippen LogP contribution is 2.32. The molecule has 2 aromatic heterocycles. The average Bonchev–Trinajstić information content (AvgIpc) is 3.55. The van der Waals surface area contributed by atoms with Crippen LogP contribution in [0.3, 0.4) is 0 Å². The predicted octanol–water partition coefficient (Wildman–Crippen LogP) is 5.79. The van der Waals surface area contributed by atoms with Gasteiger partial charge in [0, 0.05) is 38.5 Å². The van der Waals surface area contributed by atoms with E-state index in [1.807, 2.05) is 11.8 Å². The number of carbonyl (C=O) groups is 1. The van der Waals surface area contributed by atoms with Crippen LogP contribution in [0.5, 0.6) is 0 Å². The van der Waals surface area contributed by atoms with Gasteiger partial charge in [0.2, 0.25) is 5.91 Å². The number of carbonyl (C=O) groups excluding carboxylic acids is 1. The number of halogens is 1. The van der Waals surface area contributed by atoms with Crippen molar-refractivity contribution in [1.29, 1.82) is 0 Å². The number of amides is 1. The van der Waals surface area contributed by atoms with Gasteiger partial charge in [0.05, 0.1) is 16.8 Å². The van der Waals surface area contributed by atoms with Crippen LogP contribution >= 0.6 is 0 Å². The summed E-state index contributed by atoms with van der Waals surface area (Å²) in [6, 6.07) is 6.36. The van der Waals surface area contributed by atoms with Crippen LogP contribution < -0.4 is 4.90 Å². The number of anilines is 1. The standard InChI is InChI=1S/C29H39FN6O/c1-4-7-20(2)27-31-28(26-21(3)33-36(29(26)32-27)24-13-11-23(30)12-14-24)35-18-16-34(17-19-35)25(37)15-10-22-8-5-6-9-22/h11-14,20,22H,4-10,15-19H2,1-3H3/t20-/m0/s1. The topological polar surface area (TPSA) is 67.2 Å². The fourth-order valence-corrected chi connectivity index (χ4v) is 5.90. The number of rotatable bonds is 8. The molecule has 1 aliphatic carbocycles. The van der Waals surface area contributed by atoms with Crippen LogP contribution in [-0.4, -0.2) is 56.7 Å². The van der Waals surface area contributed by atoms with Gasteiger partial charge in [-0.25, -0.2) is 19.0 Å². The molecule has 1 aliphatic heterocycles. The number of aromatic nitrogens is 4. The third-order valence-electron chi connectivity index (χ3n) is 8.11. The molecule has 2 fully saturated rings. The van der Waals surface area contributed by atoms with E-state index in [0.29, 0.717) is 19.5 Å². The molecule has 7 nitrogen and oxygen atoms in total. The molecule has 0 bridgehead atoms. The third kappa shape index (κ3) is 5.48. The van der Waals surface area contributed by atoms with Gasteiger partial charge >= 0.3 is 0 Å². The van der Waals surface area contributed by atoms with Crippen molar-refractivity contribution in [2.75, 3.05) is 31.1 Å². The molecule has 8 heteroatoms. The Morgan fingerprint density at radius 2 is 1.78 bits per heavy atom. The van der Waals surface area contributed by atoms with E-state index < -0.39 is 0 Å². The van der Waals surface area contributed by atoms with Crippen LogP contribution in [0.25, 0.3) is 16.7 Å². The van der Waals surface area contributed by atoms with Crippen LogP contribution in [0.15, 0.2) is 24.3 Å². The van der Waals surface area contributed by atoms with E-state index in [1.165, 1.54) is 37.8 Å². The lowest BCUT2D eigenvalue weighted by Crippen LogP contribution is -2.49. The largest absolute Gasteiger partial charge is 0.352 e. The Kier molecular flexibility index (Phi) is 7.72. The van der Waals surface area contributed by atoms with Crippen molar-refractivity contribution in [3.8, 4) is 5.69 Å². The maximum absolute atomic E-state index is 13.6. The first-order valence-electron chi connectivity index (χ1n) is 14.0. The molecule has 3 aromatic rings. The fourth-order valence-electron chi connectivity index (χ4n) is 5.90. The van der Waals surface area contributed by atoms with Crippen LogP contribution in [0.1, 0.15) is 82.7 Å². The maximum Gasteiger partial charge on any atom is 0.222 e. The molecule has 198 valence electrons. The number of hydrogen-bond acceptors (Lipinski definition) is 5. The van der Waals surface area contributed by atoms with E-state index in [9.17, 15) is 9.18 Å². The van der Waals surface area contributed by atoms with E-state index in [4.69, 9.17) is 15.1 Å². The first-order valence-corrected chi connectivity index (χ1v) is 14.0. The molecule has 0 unspecified atom stereocenters. The van der Waals surface area contributed by atoms with Gasteiger partial charge in [-0.3, -0.25) is 4.79 Å². The van der Waals surface area contributed by atoms with Crippen LogP contribution in [0.4, 0.5) is 10.2 Å². The molecular weight excluding hydrogens is 467 g/mol. The second-order valence-corrected chi connectivity index (χ2v) is 10.8. The second-order valence-electron chi connectivity index (χ2n) is 10.8. The minimum absolute atomic E-state index is 0.212. The molecule has 1 atom stereocenters. The molecule has 1 saturated heterocycles. The van der Waals surface area contributed by atoms with E-state index >= 15 is 0 Å². The third-order valence-corrected chi connectivity index (χ3v) is 8.11. The van der Waals surface area contributed by atoms with Gasteiger partial charge in [-0.2, -0.15) is 5.10 Å². The van der Waals surface area contributed by atoms with Crippen molar-refractivity contribution >= 4 is 22.8 Å². The van der Waals surface area contributed by atoms with Crippen molar-refractivity contribution < 1.29 is 9.18 Å². The quantitative estimate of drug-likeness (QED) is 0.387.